The van der Waals surface area contributed by atoms with Crippen molar-refractivity contribution in [3.8, 4) is 0 Å². The third-order valence-electron chi connectivity index (χ3n) is 3.96. The van der Waals surface area contributed by atoms with E-state index < -0.39 is 0 Å². The van der Waals surface area contributed by atoms with Crippen LogP contribution in [0, 0.1) is 0 Å². The fourth-order valence-corrected chi connectivity index (χ4v) is 3.27. The summed E-state index contributed by atoms with van der Waals surface area (Å²) in [5.41, 5.74) is 0. The number of unbranched alkanes of at least 4 members (excludes halogenated alkanes) is 9. The van der Waals surface area contributed by atoms with Gasteiger partial charge in [-0.05, 0) is 6.42 Å². The second-order valence-electron chi connectivity index (χ2n) is 6.14. The van der Waals surface area contributed by atoms with Crippen molar-refractivity contribution in [2.45, 2.75) is 76.3 Å². The van der Waals surface area contributed by atoms with Crippen LogP contribution in [-0.4, -0.2) is 27.8 Å². The Labute approximate surface area is 145 Å². The number of hydrogen-bond donors (Lipinski definition) is 1. The fourth-order valence-electron chi connectivity index (χ4n) is 2.51. The standard InChI is InChI=1S/C18H33N3OS/c1-3-4-5-6-7-8-9-10-11-12-13-19-17(22)16-23-18-20-14-15-21(18)2/h14-15H,3-13,16H2,1-2H3,(H,19,22). The molecule has 0 fully saturated rings. The minimum atomic E-state index is 0.105. The third-order valence-corrected chi connectivity index (χ3v) is 5.02. The first-order valence-corrected chi connectivity index (χ1v) is 10.1. The predicted octanol–water partition coefficient (Wildman–Crippen LogP) is 4.55. The number of carbonyl (C=O) groups excluding carboxylic acids is 1. The van der Waals surface area contributed by atoms with Gasteiger partial charge in [0.15, 0.2) is 5.16 Å². The number of thioether (sulfide) groups is 1. The lowest BCUT2D eigenvalue weighted by atomic mass is 10.1. The Balaban J connectivity index is 1.85. The average molecular weight is 340 g/mol. The molecule has 0 aliphatic carbocycles. The first-order valence-electron chi connectivity index (χ1n) is 9.11. The SMILES string of the molecule is CCCCCCCCCCCCNC(=O)CSc1nccn1C. The van der Waals surface area contributed by atoms with Crippen molar-refractivity contribution in [3.05, 3.63) is 12.4 Å². The Hall–Kier alpha value is -0.970. The van der Waals surface area contributed by atoms with E-state index in [0.717, 1.165) is 18.1 Å². The van der Waals surface area contributed by atoms with Gasteiger partial charge < -0.3 is 9.88 Å². The molecule has 0 saturated heterocycles. The first-order chi connectivity index (χ1) is 11.2. The van der Waals surface area contributed by atoms with Crippen LogP contribution in [0.5, 0.6) is 0 Å². The van der Waals surface area contributed by atoms with E-state index in [1.807, 2.05) is 17.8 Å². The average Bonchev–Trinajstić information content (AvgIpc) is 2.96. The molecule has 0 atom stereocenters. The van der Waals surface area contributed by atoms with Gasteiger partial charge in [-0.25, -0.2) is 4.98 Å². The van der Waals surface area contributed by atoms with Crippen molar-refractivity contribution in [1.29, 1.82) is 0 Å². The molecule has 1 aromatic rings. The summed E-state index contributed by atoms with van der Waals surface area (Å²) in [4.78, 5) is 15.9. The highest BCUT2D eigenvalue weighted by Gasteiger charge is 2.05. The molecule has 0 spiro atoms. The molecule has 0 unspecified atom stereocenters. The zero-order chi connectivity index (χ0) is 16.8. The molecule has 0 saturated carbocycles. The Morgan fingerprint density at radius 3 is 2.26 bits per heavy atom. The summed E-state index contributed by atoms with van der Waals surface area (Å²) in [6.45, 7) is 3.06. The van der Waals surface area contributed by atoms with Crippen LogP contribution in [0.3, 0.4) is 0 Å². The van der Waals surface area contributed by atoms with Gasteiger partial charge in [-0.3, -0.25) is 4.79 Å². The second-order valence-corrected chi connectivity index (χ2v) is 7.08. The highest BCUT2D eigenvalue weighted by molar-refractivity contribution is 7.99. The molecule has 5 heteroatoms. The first kappa shape index (κ1) is 20.1. The highest BCUT2D eigenvalue weighted by atomic mass is 32.2. The molecule has 0 radical (unpaired) electrons. The van der Waals surface area contributed by atoms with Gasteiger partial charge in [0.2, 0.25) is 5.91 Å². The van der Waals surface area contributed by atoms with Gasteiger partial charge in [0.1, 0.15) is 0 Å². The maximum atomic E-state index is 11.7. The molecule has 0 aliphatic heterocycles. The van der Waals surface area contributed by atoms with Crippen LogP contribution in [0.2, 0.25) is 0 Å². The van der Waals surface area contributed by atoms with Crippen LogP contribution in [0.25, 0.3) is 0 Å². The van der Waals surface area contributed by atoms with Gasteiger partial charge in [0.05, 0.1) is 5.75 Å². The van der Waals surface area contributed by atoms with Crippen molar-refractivity contribution in [2.24, 2.45) is 7.05 Å². The van der Waals surface area contributed by atoms with Gasteiger partial charge in [-0.2, -0.15) is 0 Å². The van der Waals surface area contributed by atoms with E-state index in [0.29, 0.717) is 5.75 Å². The van der Waals surface area contributed by atoms with Crippen LogP contribution in [-0.2, 0) is 11.8 Å². The molecule has 1 rings (SSSR count). The monoisotopic (exact) mass is 339 g/mol. The van der Waals surface area contributed by atoms with E-state index in [1.165, 1.54) is 69.5 Å². The molecular formula is C18H33N3OS. The predicted molar refractivity (Wildman–Crippen MR) is 98.8 cm³/mol. The number of rotatable bonds is 14. The fraction of sp³-hybridized carbons (Fsp3) is 0.778. The number of carbonyl (C=O) groups is 1. The number of nitrogens with zero attached hydrogens (tertiary/aromatic N) is 2. The largest absolute Gasteiger partial charge is 0.355 e. The van der Waals surface area contributed by atoms with Gasteiger partial charge >= 0.3 is 0 Å². The van der Waals surface area contributed by atoms with E-state index in [2.05, 4.69) is 17.2 Å². The molecule has 1 N–H and O–H groups in total. The van der Waals surface area contributed by atoms with Crippen LogP contribution in [0.4, 0.5) is 0 Å². The number of amides is 1. The summed E-state index contributed by atoms with van der Waals surface area (Å²) < 4.78 is 1.93. The number of aromatic nitrogens is 2. The molecular weight excluding hydrogens is 306 g/mol. The maximum absolute atomic E-state index is 11.7. The van der Waals surface area contributed by atoms with Crippen molar-refractivity contribution < 1.29 is 4.79 Å². The summed E-state index contributed by atoms with van der Waals surface area (Å²) in [6.07, 6.45) is 16.9. The number of imidazole rings is 1. The molecule has 1 aromatic heterocycles. The van der Waals surface area contributed by atoms with Crippen molar-refractivity contribution in [3.63, 3.8) is 0 Å². The van der Waals surface area contributed by atoms with Crippen molar-refractivity contribution >= 4 is 17.7 Å². The van der Waals surface area contributed by atoms with E-state index in [-0.39, 0.29) is 5.91 Å². The van der Waals surface area contributed by atoms with E-state index in [4.69, 9.17) is 0 Å². The van der Waals surface area contributed by atoms with Crippen LogP contribution < -0.4 is 5.32 Å². The lowest BCUT2D eigenvalue weighted by molar-refractivity contribution is -0.118. The number of hydrogen-bond acceptors (Lipinski definition) is 3. The Kier molecular flexibility index (Phi) is 11.8. The minimum absolute atomic E-state index is 0.105. The lowest BCUT2D eigenvalue weighted by Crippen LogP contribution is -2.26. The molecule has 0 aromatic carbocycles. The Bertz CT molecular complexity index is 420. The molecule has 0 bridgehead atoms. The van der Waals surface area contributed by atoms with E-state index in [9.17, 15) is 4.79 Å². The quantitative estimate of drug-likeness (QED) is 0.399. The summed E-state index contributed by atoms with van der Waals surface area (Å²) in [7, 11) is 1.94. The number of aryl methyl sites for hydroxylation is 1. The van der Waals surface area contributed by atoms with Crippen molar-refractivity contribution in [1.82, 2.24) is 14.9 Å². The zero-order valence-corrected chi connectivity index (χ0v) is 15.7. The summed E-state index contributed by atoms with van der Waals surface area (Å²) in [5, 5.41) is 3.88. The van der Waals surface area contributed by atoms with Gasteiger partial charge in [0, 0.05) is 26.0 Å². The normalized spacial score (nSPS) is 10.9. The third kappa shape index (κ3) is 10.4. The summed E-state index contributed by atoms with van der Waals surface area (Å²) in [6, 6.07) is 0. The molecule has 4 nitrogen and oxygen atoms in total. The summed E-state index contributed by atoms with van der Waals surface area (Å²) >= 11 is 1.48. The smallest absolute Gasteiger partial charge is 0.230 e. The Morgan fingerprint density at radius 2 is 1.70 bits per heavy atom. The van der Waals surface area contributed by atoms with Gasteiger partial charge in [-0.15, -0.1) is 0 Å². The molecule has 1 amide bonds. The topological polar surface area (TPSA) is 46.9 Å². The van der Waals surface area contributed by atoms with Gasteiger partial charge in [-0.1, -0.05) is 76.5 Å². The van der Waals surface area contributed by atoms with Crippen molar-refractivity contribution in [2.75, 3.05) is 12.3 Å². The second kappa shape index (κ2) is 13.5. The van der Waals surface area contributed by atoms with Crippen LogP contribution in [0.15, 0.2) is 17.6 Å². The van der Waals surface area contributed by atoms with E-state index >= 15 is 0 Å². The summed E-state index contributed by atoms with van der Waals surface area (Å²) in [5.74, 6) is 0.553. The molecule has 23 heavy (non-hydrogen) atoms. The molecule has 132 valence electrons. The molecule has 0 aliphatic rings. The van der Waals surface area contributed by atoms with E-state index in [1.54, 1.807) is 6.20 Å². The van der Waals surface area contributed by atoms with Crippen LogP contribution >= 0.6 is 11.8 Å². The minimum Gasteiger partial charge on any atom is -0.355 e. The highest BCUT2D eigenvalue weighted by Crippen LogP contribution is 2.13. The molecule has 1 heterocycles. The van der Waals surface area contributed by atoms with Gasteiger partial charge in [0.25, 0.3) is 0 Å². The maximum Gasteiger partial charge on any atom is 0.230 e. The Morgan fingerprint density at radius 1 is 1.09 bits per heavy atom. The van der Waals surface area contributed by atoms with Crippen LogP contribution in [0.1, 0.15) is 71.1 Å². The lowest BCUT2D eigenvalue weighted by Gasteiger charge is -2.05. The number of nitrogens with one attached hydrogen (secondary N) is 1. The zero-order valence-electron chi connectivity index (χ0n) is 14.9.